The third-order valence-corrected chi connectivity index (χ3v) is 4.19. The predicted molar refractivity (Wildman–Crippen MR) is 98.7 cm³/mol. The fourth-order valence-corrected chi connectivity index (χ4v) is 3.01. The van der Waals surface area contributed by atoms with E-state index < -0.39 is 0 Å². The lowest BCUT2D eigenvalue weighted by Gasteiger charge is -2.07. The maximum atomic E-state index is 12.8. The van der Waals surface area contributed by atoms with E-state index >= 15 is 0 Å². The van der Waals surface area contributed by atoms with E-state index in [1.165, 1.54) is 0 Å². The van der Waals surface area contributed by atoms with Crippen LogP contribution in [0.2, 0.25) is 0 Å². The van der Waals surface area contributed by atoms with Crippen molar-refractivity contribution >= 4 is 17.2 Å². The summed E-state index contributed by atoms with van der Waals surface area (Å²) in [5.41, 5.74) is 5.14. The van der Waals surface area contributed by atoms with Crippen LogP contribution in [0, 0.1) is 20.8 Å². The van der Waals surface area contributed by atoms with E-state index in [0.717, 1.165) is 17.1 Å². The summed E-state index contributed by atoms with van der Waals surface area (Å²) in [6, 6.07) is 11.3. The molecular formula is C19H18N6O. The lowest BCUT2D eigenvalue weighted by molar-refractivity contribution is 0.102. The molecule has 7 heteroatoms. The minimum atomic E-state index is -0.221. The lowest BCUT2D eigenvalue weighted by Crippen LogP contribution is -2.13. The van der Waals surface area contributed by atoms with Crippen LogP contribution in [0.4, 0.5) is 5.69 Å². The topological polar surface area (TPSA) is 77.1 Å². The standard InChI is InChI=1S/C19H18N6O/c1-12-11-13(2)25-18(21-12)17(14(3)23-25)19(26)22-15-5-7-16(8-6-15)24-10-4-9-20-24/h4-11H,1-3H3,(H,22,26). The third kappa shape index (κ3) is 2.73. The molecule has 0 aliphatic carbocycles. The molecule has 0 aliphatic rings. The van der Waals surface area contributed by atoms with Crippen molar-refractivity contribution in [2.24, 2.45) is 0 Å². The van der Waals surface area contributed by atoms with Crippen LogP contribution < -0.4 is 5.32 Å². The Morgan fingerprint density at radius 1 is 1.12 bits per heavy atom. The van der Waals surface area contributed by atoms with Crippen LogP contribution in [0.15, 0.2) is 48.8 Å². The number of aromatic nitrogens is 5. The largest absolute Gasteiger partial charge is 0.322 e. The van der Waals surface area contributed by atoms with Gasteiger partial charge in [-0.25, -0.2) is 14.2 Å². The van der Waals surface area contributed by atoms with Gasteiger partial charge in [0.05, 0.1) is 11.4 Å². The SMILES string of the molecule is Cc1cc(C)n2nc(C)c(C(=O)Nc3ccc(-n4cccn4)cc3)c2n1. The number of fused-ring (bicyclic) bond motifs is 1. The van der Waals surface area contributed by atoms with Crippen LogP contribution in [-0.2, 0) is 0 Å². The maximum Gasteiger partial charge on any atom is 0.261 e. The van der Waals surface area contributed by atoms with E-state index in [4.69, 9.17) is 0 Å². The molecule has 26 heavy (non-hydrogen) atoms. The zero-order chi connectivity index (χ0) is 18.3. The van der Waals surface area contributed by atoms with Crippen molar-refractivity contribution in [3.63, 3.8) is 0 Å². The molecular weight excluding hydrogens is 328 g/mol. The van der Waals surface area contributed by atoms with Crippen molar-refractivity contribution in [1.29, 1.82) is 0 Å². The smallest absolute Gasteiger partial charge is 0.261 e. The van der Waals surface area contributed by atoms with E-state index in [-0.39, 0.29) is 5.91 Å². The second-order valence-electron chi connectivity index (χ2n) is 6.19. The number of anilines is 1. The number of benzene rings is 1. The highest BCUT2D eigenvalue weighted by Gasteiger charge is 2.19. The van der Waals surface area contributed by atoms with Gasteiger partial charge in [0.1, 0.15) is 5.56 Å². The first kappa shape index (κ1) is 16.0. The molecule has 0 atom stereocenters. The molecule has 0 bridgehead atoms. The van der Waals surface area contributed by atoms with Crippen molar-refractivity contribution < 1.29 is 4.79 Å². The summed E-state index contributed by atoms with van der Waals surface area (Å²) in [7, 11) is 0. The molecule has 7 nitrogen and oxygen atoms in total. The van der Waals surface area contributed by atoms with E-state index in [9.17, 15) is 4.79 Å². The monoisotopic (exact) mass is 346 g/mol. The molecule has 3 heterocycles. The lowest BCUT2D eigenvalue weighted by atomic mass is 10.2. The average Bonchev–Trinajstić information content (AvgIpc) is 3.23. The fraction of sp³-hybridized carbons (Fsp3) is 0.158. The predicted octanol–water partition coefficient (Wildman–Crippen LogP) is 3.09. The highest BCUT2D eigenvalue weighted by atomic mass is 16.1. The molecule has 0 saturated heterocycles. The number of hydrogen-bond acceptors (Lipinski definition) is 4. The molecule has 130 valence electrons. The van der Waals surface area contributed by atoms with Gasteiger partial charge < -0.3 is 5.32 Å². The zero-order valence-electron chi connectivity index (χ0n) is 14.8. The average molecular weight is 346 g/mol. The Hall–Kier alpha value is -3.48. The maximum absolute atomic E-state index is 12.8. The van der Waals surface area contributed by atoms with Gasteiger partial charge in [0.25, 0.3) is 5.91 Å². The van der Waals surface area contributed by atoms with Crippen LogP contribution in [-0.4, -0.2) is 30.3 Å². The first-order valence-corrected chi connectivity index (χ1v) is 8.28. The molecule has 0 radical (unpaired) electrons. The molecule has 4 aromatic rings. The molecule has 1 N–H and O–H groups in total. The van der Waals surface area contributed by atoms with E-state index in [0.29, 0.717) is 22.6 Å². The Morgan fingerprint density at radius 3 is 2.58 bits per heavy atom. The second kappa shape index (κ2) is 6.11. The second-order valence-corrected chi connectivity index (χ2v) is 6.19. The Kier molecular flexibility index (Phi) is 3.76. The Morgan fingerprint density at radius 2 is 1.88 bits per heavy atom. The van der Waals surface area contributed by atoms with Crippen molar-refractivity contribution in [3.8, 4) is 5.69 Å². The molecule has 4 rings (SSSR count). The molecule has 3 aromatic heterocycles. The van der Waals surface area contributed by atoms with Crippen LogP contribution in [0.3, 0.4) is 0 Å². The summed E-state index contributed by atoms with van der Waals surface area (Å²) in [5.74, 6) is -0.221. The van der Waals surface area contributed by atoms with Gasteiger partial charge in [-0.05, 0) is 57.2 Å². The van der Waals surface area contributed by atoms with E-state index in [1.54, 1.807) is 15.4 Å². The number of rotatable bonds is 3. The Labute approximate surface area is 150 Å². The summed E-state index contributed by atoms with van der Waals surface area (Å²) < 4.78 is 3.47. The van der Waals surface area contributed by atoms with Crippen LogP contribution >= 0.6 is 0 Å². The van der Waals surface area contributed by atoms with Crippen LogP contribution in [0.1, 0.15) is 27.4 Å². The van der Waals surface area contributed by atoms with Gasteiger partial charge in [0.2, 0.25) is 0 Å². The highest BCUT2D eigenvalue weighted by Crippen LogP contribution is 2.19. The molecule has 0 aliphatic heterocycles. The van der Waals surface area contributed by atoms with Crippen molar-refractivity contribution in [2.75, 3.05) is 5.32 Å². The van der Waals surface area contributed by atoms with E-state index in [2.05, 4.69) is 20.5 Å². The summed E-state index contributed by atoms with van der Waals surface area (Å²) >= 11 is 0. The molecule has 1 aromatic carbocycles. The van der Waals surface area contributed by atoms with Crippen LogP contribution in [0.5, 0.6) is 0 Å². The first-order valence-electron chi connectivity index (χ1n) is 8.28. The molecule has 0 fully saturated rings. The molecule has 0 unspecified atom stereocenters. The number of nitrogens with zero attached hydrogens (tertiary/aromatic N) is 5. The van der Waals surface area contributed by atoms with Gasteiger partial charge in [-0.1, -0.05) is 0 Å². The van der Waals surface area contributed by atoms with Gasteiger partial charge in [-0.15, -0.1) is 0 Å². The summed E-state index contributed by atoms with van der Waals surface area (Å²) in [5, 5.41) is 11.6. The van der Waals surface area contributed by atoms with Gasteiger partial charge in [0.15, 0.2) is 5.65 Å². The Balaban J connectivity index is 1.64. The number of carbonyl (C=O) groups excluding carboxylic acids is 1. The molecule has 0 saturated carbocycles. The minimum absolute atomic E-state index is 0.221. The quantitative estimate of drug-likeness (QED) is 0.618. The number of hydrogen-bond donors (Lipinski definition) is 1. The zero-order valence-corrected chi connectivity index (χ0v) is 14.8. The highest BCUT2D eigenvalue weighted by molar-refractivity contribution is 6.09. The molecule has 1 amide bonds. The summed E-state index contributed by atoms with van der Waals surface area (Å²) in [4.78, 5) is 17.3. The van der Waals surface area contributed by atoms with Crippen molar-refractivity contribution in [3.05, 3.63) is 71.4 Å². The number of nitrogens with one attached hydrogen (secondary N) is 1. The first-order chi connectivity index (χ1) is 12.5. The van der Waals surface area contributed by atoms with Crippen molar-refractivity contribution in [2.45, 2.75) is 20.8 Å². The van der Waals surface area contributed by atoms with Gasteiger partial charge in [-0.3, -0.25) is 4.79 Å². The van der Waals surface area contributed by atoms with Crippen molar-refractivity contribution in [1.82, 2.24) is 24.4 Å². The molecule has 0 spiro atoms. The van der Waals surface area contributed by atoms with Gasteiger partial charge >= 0.3 is 0 Å². The minimum Gasteiger partial charge on any atom is -0.322 e. The van der Waals surface area contributed by atoms with Crippen LogP contribution in [0.25, 0.3) is 11.3 Å². The third-order valence-electron chi connectivity index (χ3n) is 4.19. The summed E-state index contributed by atoms with van der Waals surface area (Å²) in [6.45, 7) is 5.67. The van der Waals surface area contributed by atoms with Gasteiger partial charge in [-0.2, -0.15) is 10.2 Å². The fourth-order valence-electron chi connectivity index (χ4n) is 3.01. The number of aryl methyl sites for hydroxylation is 3. The number of carbonyl (C=O) groups is 1. The van der Waals surface area contributed by atoms with E-state index in [1.807, 2.05) is 63.4 Å². The summed E-state index contributed by atoms with van der Waals surface area (Å²) in [6.07, 6.45) is 3.59. The van der Waals surface area contributed by atoms with Gasteiger partial charge in [0, 0.05) is 29.5 Å². The number of amides is 1. The normalized spacial score (nSPS) is 11.0. The Bertz CT molecular complexity index is 1090.